The zero-order valence-corrected chi connectivity index (χ0v) is 16.1. The van der Waals surface area contributed by atoms with Crippen LogP contribution in [0.1, 0.15) is 22.9 Å². The molecule has 1 aliphatic rings. The van der Waals surface area contributed by atoms with Crippen molar-refractivity contribution in [1.82, 2.24) is 29.6 Å². The van der Waals surface area contributed by atoms with Crippen molar-refractivity contribution in [1.29, 1.82) is 0 Å². The average Bonchev–Trinajstić information content (AvgIpc) is 3.10. The molecule has 0 spiro atoms. The molecule has 4 heterocycles. The lowest BCUT2D eigenvalue weighted by molar-refractivity contribution is 0.166. The SMILES string of the molecule is Cc1nnc(CN2CCC(Cn3cnc(-c4ccncc4)cc3=O)CC2)s1. The molecule has 0 radical (unpaired) electrons. The molecule has 3 aromatic rings. The number of hydrogen-bond acceptors (Lipinski definition) is 7. The summed E-state index contributed by atoms with van der Waals surface area (Å²) in [6.07, 6.45) is 7.25. The molecule has 0 aromatic carbocycles. The number of likely N-dealkylation sites (tertiary alicyclic amines) is 1. The van der Waals surface area contributed by atoms with E-state index < -0.39 is 0 Å². The molecule has 0 unspecified atom stereocenters. The quantitative estimate of drug-likeness (QED) is 0.674. The van der Waals surface area contributed by atoms with Crippen LogP contribution in [-0.2, 0) is 13.1 Å². The van der Waals surface area contributed by atoms with Gasteiger partial charge >= 0.3 is 0 Å². The number of pyridine rings is 1. The van der Waals surface area contributed by atoms with E-state index in [1.54, 1.807) is 40.7 Å². The van der Waals surface area contributed by atoms with Crippen molar-refractivity contribution >= 4 is 11.3 Å². The Bertz CT molecular complexity index is 946. The Morgan fingerprint density at radius 3 is 2.63 bits per heavy atom. The Labute approximate surface area is 161 Å². The second kappa shape index (κ2) is 8.06. The molecular formula is C19H22N6OS. The largest absolute Gasteiger partial charge is 0.299 e. The van der Waals surface area contributed by atoms with Gasteiger partial charge in [-0.15, -0.1) is 21.5 Å². The lowest BCUT2D eigenvalue weighted by atomic mass is 9.97. The van der Waals surface area contributed by atoms with E-state index in [9.17, 15) is 4.79 Å². The lowest BCUT2D eigenvalue weighted by Gasteiger charge is -2.31. The van der Waals surface area contributed by atoms with Gasteiger partial charge in [-0.3, -0.25) is 19.2 Å². The summed E-state index contributed by atoms with van der Waals surface area (Å²) in [4.78, 5) is 23.4. The molecule has 1 fully saturated rings. The summed E-state index contributed by atoms with van der Waals surface area (Å²) < 4.78 is 1.74. The Balaban J connectivity index is 1.34. The van der Waals surface area contributed by atoms with E-state index in [2.05, 4.69) is 25.1 Å². The molecule has 7 nitrogen and oxygen atoms in total. The van der Waals surface area contributed by atoms with Crippen LogP contribution in [0.25, 0.3) is 11.3 Å². The molecule has 0 aliphatic carbocycles. The van der Waals surface area contributed by atoms with Crippen LogP contribution in [0.4, 0.5) is 0 Å². The second-order valence-corrected chi connectivity index (χ2v) is 8.20. The van der Waals surface area contributed by atoms with Crippen molar-refractivity contribution in [2.75, 3.05) is 13.1 Å². The molecular weight excluding hydrogens is 360 g/mol. The first-order valence-corrected chi connectivity index (χ1v) is 9.97. The maximum Gasteiger partial charge on any atom is 0.253 e. The van der Waals surface area contributed by atoms with Crippen molar-refractivity contribution in [2.45, 2.75) is 32.9 Å². The first kappa shape index (κ1) is 17.9. The summed E-state index contributed by atoms with van der Waals surface area (Å²) in [5, 5.41) is 10.4. The van der Waals surface area contributed by atoms with Crippen molar-refractivity contribution < 1.29 is 0 Å². The van der Waals surface area contributed by atoms with Crippen LogP contribution in [-0.4, -0.2) is 42.7 Å². The number of nitrogens with zero attached hydrogens (tertiary/aromatic N) is 6. The zero-order valence-electron chi connectivity index (χ0n) is 15.3. The van der Waals surface area contributed by atoms with Gasteiger partial charge < -0.3 is 0 Å². The highest BCUT2D eigenvalue weighted by Gasteiger charge is 2.21. The predicted molar refractivity (Wildman–Crippen MR) is 104 cm³/mol. The van der Waals surface area contributed by atoms with Crippen LogP contribution < -0.4 is 5.56 Å². The minimum Gasteiger partial charge on any atom is -0.299 e. The number of piperidine rings is 1. The fourth-order valence-corrected chi connectivity index (χ4v) is 4.19. The van der Waals surface area contributed by atoms with Gasteiger partial charge in [0.2, 0.25) is 0 Å². The zero-order chi connectivity index (χ0) is 18.6. The fraction of sp³-hybridized carbons (Fsp3) is 0.421. The molecule has 27 heavy (non-hydrogen) atoms. The van der Waals surface area contributed by atoms with Crippen molar-refractivity contribution in [2.24, 2.45) is 5.92 Å². The highest BCUT2D eigenvalue weighted by atomic mass is 32.1. The van der Waals surface area contributed by atoms with Gasteiger partial charge in [0, 0.05) is 30.6 Å². The van der Waals surface area contributed by atoms with Crippen LogP contribution in [0.2, 0.25) is 0 Å². The topological polar surface area (TPSA) is 76.8 Å². The summed E-state index contributed by atoms with van der Waals surface area (Å²) in [6.45, 7) is 5.65. The maximum atomic E-state index is 12.5. The normalized spacial score (nSPS) is 15.9. The number of aryl methyl sites for hydroxylation is 1. The molecule has 0 atom stereocenters. The smallest absolute Gasteiger partial charge is 0.253 e. The average molecular weight is 382 g/mol. The van der Waals surface area contributed by atoms with E-state index in [0.717, 1.165) is 54.6 Å². The standard InChI is InChI=1S/C19H22N6OS/c1-14-22-23-18(27-14)12-24-8-4-15(5-9-24)11-25-13-21-17(10-19(25)26)16-2-6-20-7-3-16/h2-3,6-7,10,13,15H,4-5,8-9,11-12H2,1H3. The Hall–Kier alpha value is -2.45. The van der Waals surface area contributed by atoms with Gasteiger partial charge in [0.1, 0.15) is 10.0 Å². The molecule has 1 saturated heterocycles. The van der Waals surface area contributed by atoms with Gasteiger partial charge in [0.05, 0.1) is 18.6 Å². The van der Waals surface area contributed by atoms with E-state index in [1.165, 1.54) is 0 Å². The first-order chi connectivity index (χ1) is 13.2. The van der Waals surface area contributed by atoms with Gasteiger partial charge in [0.25, 0.3) is 5.56 Å². The van der Waals surface area contributed by atoms with Gasteiger partial charge in [0.15, 0.2) is 0 Å². The van der Waals surface area contributed by atoms with Crippen LogP contribution >= 0.6 is 11.3 Å². The molecule has 0 bridgehead atoms. The van der Waals surface area contributed by atoms with Gasteiger partial charge in [-0.1, -0.05) is 0 Å². The summed E-state index contributed by atoms with van der Waals surface area (Å²) >= 11 is 1.66. The summed E-state index contributed by atoms with van der Waals surface area (Å²) in [7, 11) is 0. The molecule has 0 saturated carbocycles. The Kier molecular flexibility index (Phi) is 5.35. The minimum atomic E-state index is 0.00331. The van der Waals surface area contributed by atoms with Gasteiger partial charge in [-0.05, 0) is 50.9 Å². The van der Waals surface area contributed by atoms with Crippen LogP contribution in [0.15, 0.2) is 41.7 Å². The minimum absolute atomic E-state index is 0.00331. The van der Waals surface area contributed by atoms with Crippen molar-refractivity contribution in [3.05, 3.63) is 57.3 Å². The third-order valence-corrected chi connectivity index (χ3v) is 5.77. The Morgan fingerprint density at radius 2 is 1.96 bits per heavy atom. The molecule has 8 heteroatoms. The van der Waals surface area contributed by atoms with E-state index >= 15 is 0 Å². The number of hydrogen-bond donors (Lipinski definition) is 0. The van der Waals surface area contributed by atoms with Gasteiger partial charge in [-0.2, -0.15) is 0 Å². The predicted octanol–water partition coefficient (Wildman–Crippen LogP) is 2.38. The lowest BCUT2D eigenvalue weighted by Crippen LogP contribution is -2.36. The van der Waals surface area contributed by atoms with Gasteiger partial charge in [-0.25, -0.2) is 4.98 Å². The summed E-state index contributed by atoms with van der Waals surface area (Å²) in [5.41, 5.74) is 1.61. The van der Waals surface area contributed by atoms with E-state index in [0.29, 0.717) is 11.6 Å². The highest BCUT2D eigenvalue weighted by Crippen LogP contribution is 2.21. The fourth-order valence-electron chi connectivity index (χ4n) is 3.44. The summed E-state index contributed by atoms with van der Waals surface area (Å²) in [6, 6.07) is 5.34. The third kappa shape index (κ3) is 4.45. The molecule has 3 aromatic heterocycles. The van der Waals surface area contributed by atoms with Crippen LogP contribution in [0, 0.1) is 12.8 Å². The van der Waals surface area contributed by atoms with Crippen LogP contribution in [0.3, 0.4) is 0 Å². The second-order valence-electron chi connectivity index (χ2n) is 6.93. The Morgan fingerprint density at radius 1 is 1.19 bits per heavy atom. The third-order valence-electron chi connectivity index (χ3n) is 4.94. The van der Waals surface area contributed by atoms with Crippen molar-refractivity contribution in [3.8, 4) is 11.3 Å². The molecule has 1 aliphatic heterocycles. The van der Waals surface area contributed by atoms with E-state index in [4.69, 9.17) is 0 Å². The number of rotatable bonds is 5. The monoisotopic (exact) mass is 382 g/mol. The molecule has 140 valence electrons. The molecule has 4 rings (SSSR count). The van der Waals surface area contributed by atoms with Crippen LogP contribution in [0.5, 0.6) is 0 Å². The molecule has 0 amide bonds. The number of aromatic nitrogens is 5. The first-order valence-electron chi connectivity index (χ1n) is 9.15. The molecule has 0 N–H and O–H groups in total. The van der Waals surface area contributed by atoms with Crippen molar-refractivity contribution in [3.63, 3.8) is 0 Å². The maximum absolute atomic E-state index is 12.5. The van der Waals surface area contributed by atoms with E-state index in [-0.39, 0.29) is 5.56 Å². The summed E-state index contributed by atoms with van der Waals surface area (Å²) in [5.74, 6) is 0.503. The van der Waals surface area contributed by atoms with E-state index in [1.807, 2.05) is 19.1 Å². The highest BCUT2D eigenvalue weighted by molar-refractivity contribution is 7.11.